The normalized spacial score (nSPS) is 12.1. The van der Waals surface area contributed by atoms with Gasteiger partial charge < -0.3 is 8.98 Å². The van der Waals surface area contributed by atoms with E-state index in [9.17, 15) is 0 Å². The first-order valence-corrected chi connectivity index (χ1v) is 29.6. The number of hydrogen-bond donors (Lipinski definition) is 0. The molecular weight excluding hydrogens is 1020 g/mol. The Balaban J connectivity index is 0.000000246. The van der Waals surface area contributed by atoms with Crippen LogP contribution in [0, 0.1) is 25.0 Å². The summed E-state index contributed by atoms with van der Waals surface area (Å²) in [6.07, 6.45) is 3.27. The second-order valence-electron chi connectivity index (χ2n) is 20.4. The van der Waals surface area contributed by atoms with Crippen molar-refractivity contribution in [1.29, 1.82) is 0 Å². The maximum atomic E-state index is 6.62. The predicted octanol–water partition coefficient (Wildman–Crippen LogP) is 14.6. The van der Waals surface area contributed by atoms with Crippen LogP contribution in [0.3, 0.4) is 0 Å². The predicted molar refractivity (Wildman–Crippen MR) is 268 cm³/mol. The van der Waals surface area contributed by atoms with Crippen LogP contribution in [0.25, 0.3) is 72.6 Å². The van der Waals surface area contributed by atoms with Crippen molar-refractivity contribution in [2.75, 3.05) is 0 Å². The fraction of sp³-hybridized carbons (Fsp3) is 0.281. The Kier molecular flexibility index (Phi) is 13.5. The molecule has 9 aromatic rings. The van der Waals surface area contributed by atoms with Crippen molar-refractivity contribution in [2.24, 2.45) is 5.92 Å². The number of hydrogen-bond acceptors (Lipinski definition) is 4. The molecule has 0 unspecified atom stereocenters. The van der Waals surface area contributed by atoms with Gasteiger partial charge in [0.25, 0.3) is 0 Å². The fourth-order valence-corrected chi connectivity index (χ4v) is 11.7. The monoisotopic (exact) mass is 1080 g/mol. The molecule has 4 aromatic heterocycles. The summed E-state index contributed by atoms with van der Waals surface area (Å²) in [4.78, 5) is 14.9. The Labute approximate surface area is 396 Å². The van der Waals surface area contributed by atoms with E-state index in [-0.39, 0.29) is 30.9 Å². The van der Waals surface area contributed by atoms with Gasteiger partial charge >= 0.3 is 126 Å². The number of nitrogens with zero attached hydrogens (tertiary/aromatic N) is 4. The number of aryl methyl sites for hydroxylation is 1. The third-order valence-electron chi connectivity index (χ3n) is 11.8. The summed E-state index contributed by atoms with van der Waals surface area (Å²) in [5, 5.41) is 2.07. The standard InChI is InChI=1S/C39H36N3O.C18H24GeN.Ir/c1-24-17-19-28(35-34(24)27-20-22-33(39(5,6)7)41-37(27)43-35)36-40-30-15-11-12-16-32(30)42(36)31-21-18-26(38(2,3)4)23-29(31)25-13-9-8-10-14-25;1-14(2)11-16-12-18(15-9-7-6-8-10-15)20-13-17(16)19(3,4)5;/h8-18,20-23H,1-7H3;6-9,12-14H,11H2,1-5H3;/q2*-1;. The second-order valence-corrected chi connectivity index (χ2v) is 31.0. The van der Waals surface area contributed by atoms with Gasteiger partial charge in [-0.2, -0.15) is 0 Å². The third-order valence-corrected chi connectivity index (χ3v) is 16.1. The number of benzene rings is 5. The van der Waals surface area contributed by atoms with E-state index < -0.39 is 13.3 Å². The van der Waals surface area contributed by atoms with Gasteiger partial charge in [0.2, 0.25) is 5.71 Å². The quantitative estimate of drug-likeness (QED) is 0.118. The molecule has 1 radical (unpaired) electrons. The Morgan fingerprint density at radius 2 is 1.48 bits per heavy atom. The van der Waals surface area contributed by atoms with Gasteiger partial charge in [0.15, 0.2) is 0 Å². The molecule has 7 heteroatoms. The van der Waals surface area contributed by atoms with E-state index in [0.717, 1.165) is 84.5 Å². The van der Waals surface area contributed by atoms with Gasteiger partial charge in [-0.25, -0.2) is 4.98 Å². The van der Waals surface area contributed by atoms with Crippen LogP contribution < -0.4 is 4.40 Å². The van der Waals surface area contributed by atoms with Crippen LogP contribution in [-0.2, 0) is 37.4 Å². The Bertz CT molecular complexity index is 3070. The number of pyridine rings is 2. The summed E-state index contributed by atoms with van der Waals surface area (Å²) < 4.78 is 10.4. The minimum absolute atomic E-state index is 0. The average Bonchev–Trinajstić information content (AvgIpc) is 3.83. The second kappa shape index (κ2) is 18.4. The van der Waals surface area contributed by atoms with Crippen molar-refractivity contribution in [2.45, 2.75) is 96.8 Å². The number of rotatable bonds is 7. The van der Waals surface area contributed by atoms with Crippen molar-refractivity contribution >= 4 is 50.8 Å². The molecule has 64 heavy (non-hydrogen) atoms. The van der Waals surface area contributed by atoms with Gasteiger partial charge in [-0.15, -0.1) is 17.7 Å². The first-order valence-electron chi connectivity index (χ1n) is 22.3. The molecule has 0 bridgehead atoms. The minimum Gasteiger partial charge on any atom is -0.486 e. The number of furan rings is 1. The summed E-state index contributed by atoms with van der Waals surface area (Å²) in [6, 6.07) is 49.3. The molecule has 0 saturated carbocycles. The molecule has 0 saturated heterocycles. The van der Waals surface area contributed by atoms with Crippen LogP contribution in [0.1, 0.15) is 77.8 Å². The summed E-state index contributed by atoms with van der Waals surface area (Å²) in [6.45, 7) is 20.0. The van der Waals surface area contributed by atoms with E-state index in [4.69, 9.17) is 19.4 Å². The smallest absolute Gasteiger partial charge is 0.216 e. The molecule has 5 nitrogen and oxygen atoms in total. The molecule has 5 aromatic carbocycles. The number of para-hydroxylation sites is 2. The summed E-state index contributed by atoms with van der Waals surface area (Å²) in [5.74, 6) is 8.79. The first-order chi connectivity index (χ1) is 29.9. The van der Waals surface area contributed by atoms with Gasteiger partial charge in [0.05, 0.1) is 22.4 Å². The van der Waals surface area contributed by atoms with Gasteiger partial charge in [-0.3, -0.25) is 4.98 Å². The Morgan fingerprint density at radius 1 is 0.766 bits per heavy atom. The number of imidazole rings is 1. The van der Waals surface area contributed by atoms with E-state index >= 15 is 0 Å². The van der Waals surface area contributed by atoms with Crippen LogP contribution in [0.15, 0.2) is 132 Å². The summed E-state index contributed by atoms with van der Waals surface area (Å²) in [7, 11) is 0. The Morgan fingerprint density at radius 3 is 2.16 bits per heavy atom. The maximum absolute atomic E-state index is 6.62. The van der Waals surface area contributed by atoms with Crippen LogP contribution in [0.4, 0.5) is 0 Å². The molecule has 329 valence electrons. The molecule has 9 rings (SSSR count). The molecule has 0 fully saturated rings. The van der Waals surface area contributed by atoms with E-state index in [0.29, 0.717) is 11.6 Å². The van der Waals surface area contributed by atoms with Crippen LogP contribution >= 0.6 is 0 Å². The molecule has 0 atom stereocenters. The zero-order valence-electron chi connectivity index (χ0n) is 39.4. The largest absolute Gasteiger partial charge is 0.486 e. The van der Waals surface area contributed by atoms with E-state index in [1.54, 1.807) is 4.40 Å². The average molecular weight is 1080 g/mol. The van der Waals surface area contributed by atoms with Crippen molar-refractivity contribution in [3.05, 3.63) is 162 Å². The van der Waals surface area contributed by atoms with Crippen molar-refractivity contribution in [1.82, 2.24) is 19.5 Å². The van der Waals surface area contributed by atoms with Crippen molar-refractivity contribution < 1.29 is 24.5 Å². The molecule has 0 aliphatic rings. The van der Waals surface area contributed by atoms with Crippen LogP contribution in [-0.4, -0.2) is 32.8 Å². The Hall–Kier alpha value is -5.14. The number of aromatic nitrogens is 4. The maximum Gasteiger partial charge on any atom is 0.216 e. The van der Waals surface area contributed by atoms with Gasteiger partial charge in [-0.1, -0.05) is 108 Å². The van der Waals surface area contributed by atoms with E-state index in [2.05, 4.69) is 200 Å². The molecule has 0 amide bonds. The van der Waals surface area contributed by atoms with E-state index in [1.165, 1.54) is 11.1 Å². The molecule has 4 heterocycles. The van der Waals surface area contributed by atoms with Gasteiger partial charge in [0.1, 0.15) is 0 Å². The number of fused-ring (bicyclic) bond motifs is 4. The zero-order valence-corrected chi connectivity index (χ0v) is 43.9. The topological polar surface area (TPSA) is 56.7 Å². The van der Waals surface area contributed by atoms with Gasteiger partial charge in [-0.05, 0) is 52.9 Å². The van der Waals surface area contributed by atoms with Crippen LogP contribution in [0.5, 0.6) is 0 Å². The zero-order chi connectivity index (χ0) is 44.8. The molecular formula is C57H60GeIrN4O-2. The minimum atomic E-state index is -1.86. The SMILES string of the molecule is CC(C)Cc1cc(-c2[c-]cccc2)nc[c]1[Ge]([CH3])([CH3])[CH3].Cc1c[c-]c(-c2nc3ccccc3n2-c2ccc(C(C)(C)C)cc2-c2ccccc2)c2oc3nc(C(C)(C)C)ccc3c12.[Ir]. The summed E-state index contributed by atoms with van der Waals surface area (Å²) in [5.41, 5.74) is 14.5. The molecule has 0 aliphatic carbocycles. The molecule has 0 N–H and O–H groups in total. The molecule has 0 spiro atoms. The third kappa shape index (κ3) is 9.61. The van der Waals surface area contributed by atoms with Crippen molar-refractivity contribution in [3.8, 4) is 39.5 Å². The van der Waals surface area contributed by atoms with Gasteiger partial charge in [0, 0.05) is 47.9 Å². The van der Waals surface area contributed by atoms with Crippen LogP contribution in [0.2, 0.25) is 17.3 Å². The van der Waals surface area contributed by atoms with Crippen molar-refractivity contribution in [3.63, 3.8) is 0 Å². The molecule has 0 aliphatic heterocycles. The fourth-order valence-electron chi connectivity index (χ4n) is 8.41. The summed E-state index contributed by atoms with van der Waals surface area (Å²) >= 11 is -1.86. The first kappa shape index (κ1) is 46.8. The van der Waals surface area contributed by atoms with E-state index in [1.807, 2.05) is 24.3 Å².